The van der Waals surface area contributed by atoms with E-state index < -0.39 is 0 Å². The number of hydrogen-bond acceptors (Lipinski definition) is 3. The van der Waals surface area contributed by atoms with E-state index in [1.807, 2.05) is 26.0 Å². The Balaban J connectivity index is 1.90. The third-order valence-corrected chi connectivity index (χ3v) is 3.83. The predicted octanol–water partition coefficient (Wildman–Crippen LogP) is 3.80. The van der Waals surface area contributed by atoms with Crippen molar-refractivity contribution in [3.8, 4) is 11.5 Å². The number of anilines is 1. The number of nitrogens with one attached hydrogen (secondary N) is 2. The van der Waals surface area contributed by atoms with Gasteiger partial charge in [-0.05, 0) is 44.7 Å². The van der Waals surface area contributed by atoms with Crippen LogP contribution in [0.3, 0.4) is 0 Å². The predicted molar refractivity (Wildman–Crippen MR) is 87.8 cm³/mol. The van der Waals surface area contributed by atoms with Gasteiger partial charge in [0.05, 0.1) is 13.2 Å². The summed E-state index contributed by atoms with van der Waals surface area (Å²) < 4.78 is 11.1. The molecule has 1 aromatic rings. The molecule has 1 saturated carbocycles. The third kappa shape index (κ3) is 4.83. The first-order chi connectivity index (χ1) is 10.7. The minimum Gasteiger partial charge on any atom is -0.490 e. The summed E-state index contributed by atoms with van der Waals surface area (Å²) in [4.78, 5) is 12.0. The van der Waals surface area contributed by atoms with E-state index in [9.17, 15) is 4.79 Å². The minimum absolute atomic E-state index is 0.168. The highest BCUT2D eigenvalue weighted by Gasteiger charge is 2.15. The van der Waals surface area contributed by atoms with Gasteiger partial charge in [0.2, 0.25) is 0 Å². The van der Waals surface area contributed by atoms with Crippen molar-refractivity contribution < 1.29 is 14.3 Å². The Morgan fingerprint density at radius 3 is 2.50 bits per heavy atom. The van der Waals surface area contributed by atoms with Crippen LogP contribution < -0.4 is 20.1 Å². The Morgan fingerprint density at radius 1 is 1.14 bits per heavy atom. The zero-order valence-corrected chi connectivity index (χ0v) is 13.5. The molecular weight excluding hydrogens is 280 g/mol. The Kier molecular flexibility index (Phi) is 6.37. The summed E-state index contributed by atoms with van der Waals surface area (Å²) in [6, 6.07) is 5.27. The molecule has 1 fully saturated rings. The average Bonchev–Trinajstić information content (AvgIpc) is 3.02. The maximum absolute atomic E-state index is 12.0. The molecule has 0 unspecified atom stereocenters. The first kappa shape index (κ1) is 16.5. The number of ether oxygens (including phenoxy) is 2. The lowest BCUT2D eigenvalue weighted by atomic mass is 10.1. The Labute approximate surface area is 132 Å². The fourth-order valence-corrected chi connectivity index (χ4v) is 2.76. The number of amides is 2. The lowest BCUT2D eigenvalue weighted by Crippen LogP contribution is -2.32. The fraction of sp³-hybridized carbons (Fsp3) is 0.588. The SMILES string of the molecule is CCOc1ccc(NC(=O)NCC2CCCC2)cc1OCC. The monoisotopic (exact) mass is 306 g/mol. The zero-order chi connectivity index (χ0) is 15.8. The van der Waals surface area contributed by atoms with Gasteiger partial charge in [-0.1, -0.05) is 12.8 Å². The van der Waals surface area contributed by atoms with E-state index >= 15 is 0 Å². The number of carbonyl (C=O) groups excluding carboxylic acids is 1. The normalized spacial score (nSPS) is 14.6. The molecule has 22 heavy (non-hydrogen) atoms. The summed E-state index contributed by atoms with van der Waals surface area (Å²) in [5, 5.41) is 5.79. The van der Waals surface area contributed by atoms with Gasteiger partial charge in [-0.2, -0.15) is 0 Å². The molecule has 1 aliphatic carbocycles. The van der Waals surface area contributed by atoms with Crippen LogP contribution in [0.1, 0.15) is 39.5 Å². The molecule has 0 atom stereocenters. The zero-order valence-electron chi connectivity index (χ0n) is 13.5. The maximum Gasteiger partial charge on any atom is 0.319 e. The van der Waals surface area contributed by atoms with Crippen molar-refractivity contribution in [1.82, 2.24) is 5.32 Å². The van der Waals surface area contributed by atoms with Gasteiger partial charge < -0.3 is 20.1 Å². The third-order valence-electron chi connectivity index (χ3n) is 3.83. The van der Waals surface area contributed by atoms with Crippen LogP contribution in [0.15, 0.2) is 18.2 Å². The lowest BCUT2D eigenvalue weighted by molar-refractivity contribution is 0.250. The molecule has 1 aliphatic rings. The van der Waals surface area contributed by atoms with Crippen LogP contribution in [0.4, 0.5) is 10.5 Å². The fourth-order valence-electron chi connectivity index (χ4n) is 2.76. The van der Waals surface area contributed by atoms with Crippen molar-refractivity contribution >= 4 is 11.7 Å². The Morgan fingerprint density at radius 2 is 1.82 bits per heavy atom. The second-order valence-electron chi connectivity index (χ2n) is 5.51. The highest BCUT2D eigenvalue weighted by Crippen LogP contribution is 2.30. The topological polar surface area (TPSA) is 59.6 Å². The van der Waals surface area contributed by atoms with Crippen molar-refractivity contribution in [2.75, 3.05) is 25.1 Å². The van der Waals surface area contributed by atoms with Gasteiger partial charge in [-0.15, -0.1) is 0 Å². The van der Waals surface area contributed by atoms with Gasteiger partial charge in [0.25, 0.3) is 0 Å². The van der Waals surface area contributed by atoms with E-state index in [1.54, 1.807) is 6.07 Å². The van der Waals surface area contributed by atoms with Crippen molar-refractivity contribution in [2.24, 2.45) is 5.92 Å². The van der Waals surface area contributed by atoms with E-state index in [-0.39, 0.29) is 6.03 Å². The molecule has 5 heteroatoms. The molecule has 1 aromatic carbocycles. The van der Waals surface area contributed by atoms with Gasteiger partial charge in [0, 0.05) is 18.3 Å². The molecule has 122 valence electrons. The maximum atomic E-state index is 12.0. The Hall–Kier alpha value is -1.91. The van der Waals surface area contributed by atoms with Crippen LogP contribution in [0, 0.1) is 5.92 Å². The highest BCUT2D eigenvalue weighted by atomic mass is 16.5. The molecule has 0 heterocycles. The first-order valence-corrected chi connectivity index (χ1v) is 8.17. The van der Waals surface area contributed by atoms with Crippen molar-refractivity contribution in [3.63, 3.8) is 0 Å². The molecular formula is C17H26N2O3. The quantitative estimate of drug-likeness (QED) is 0.805. The van der Waals surface area contributed by atoms with E-state index in [0.717, 1.165) is 6.54 Å². The van der Waals surface area contributed by atoms with Gasteiger partial charge >= 0.3 is 6.03 Å². The molecule has 0 aliphatic heterocycles. The smallest absolute Gasteiger partial charge is 0.319 e. The number of urea groups is 1. The van der Waals surface area contributed by atoms with Crippen molar-refractivity contribution in [1.29, 1.82) is 0 Å². The molecule has 0 saturated heterocycles. The number of benzene rings is 1. The molecule has 2 amide bonds. The van der Waals surface area contributed by atoms with Gasteiger partial charge in [0.15, 0.2) is 11.5 Å². The van der Waals surface area contributed by atoms with Crippen LogP contribution in [0.5, 0.6) is 11.5 Å². The molecule has 0 aromatic heterocycles. The van der Waals surface area contributed by atoms with Crippen LogP contribution in [-0.4, -0.2) is 25.8 Å². The number of rotatable bonds is 7. The second-order valence-corrected chi connectivity index (χ2v) is 5.51. The summed E-state index contributed by atoms with van der Waals surface area (Å²) in [5.41, 5.74) is 0.704. The number of hydrogen-bond donors (Lipinski definition) is 2. The molecule has 5 nitrogen and oxygen atoms in total. The summed E-state index contributed by atoms with van der Waals surface area (Å²) in [6.45, 7) is 5.73. The van der Waals surface area contributed by atoms with Gasteiger partial charge in [-0.3, -0.25) is 0 Å². The number of carbonyl (C=O) groups is 1. The molecule has 0 bridgehead atoms. The van der Waals surface area contributed by atoms with Crippen LogP contribution in [0.25, 0.3) is 0 Å². The van der Waals surface area contributed by atoms with E-state index in [0.29, 0.717) is 36.3 Å². The average molecular weight is 306 g/mol. The van der Waals surface area contributed by atoms with E-state index in [4.69, 9.17) is 9.47 Å². The summed E-state index contributed by atoms with van der Waals surface area (Å²) in [7, 11) is 0. The summed E-state index contributed by atoms with van der Waals surface area (Å²) in [6.07, 6.45) is 5.00. The van der Waals surface area contributed by atoms with Crippen LogP contribution >= 0.6 is 0 Å². The van der Waals surface area contributed by atoms with Crippen molar-refractivity contribution in [3.05, 3.63) is 18.2 Å². The first-order valence-electron chi connectivity index (χ1n) is 8.17. The Bertz CT molecular complexity index is 485. The highest BCUT2D eigenvalue weighted by molar-refractivity contribution is 5.89. The molecule has 2 N–H and O–H groups in total. The largest absolute Gasteiger partial charge is 0.490 e. The van der Waals surface area contributed by atoms with E-state index in [1.165, 1.54) is 25.7 Å². The van der Waals surface area contributed by atoms with Gasteiger partial charge in [0.1, 0.15) is 0 Å². The minimum atomic E-state index is -0.168. The van der Waals surface area contributed by atoms with Crippen LogP contribution in [-0.2, 0) is 0 Å². The molecule has 0 spiro atoms. The second kappa shape index (κ2) is 8.51. The molecule has 0 radical (unpaired) electrons. The van der Waals surface area contributed by atoms with E-state index in [2.05, 4.69) is 10.6 Å². The summed E-state index contributed by atoms with van der Waals surface area (Å²) in [5.74, 6) is 1.98. The molecule has 2 rings (SSSR count). The van der Waals surface area contributed by atoms with Gasteiger partial charge in [-0.25, -0.2) is 4.79 Å². The standard InChI is InChI=1S/C17H26N2O3/c1-3-21-15-10-9-14(11-16(15)22-4-2)19-17(20)18-12-13-7-5-6-8-13/h9-11,13H,3-8,12H2,1-2H3,(H2,18,19,20). The lowest BCUT2D eigenvalue weighted by Gasteiger charge is -2.14. The van der Waals surface area contributed by atoms with Crippen molar-refractivity contribution in [2.45, 2.75) is 39.5 Å². The summed E-state index contributed by atoms with van der Waals surface area (Å²) >= 11 is 0. The van der Waals surface area contributed by atoms with Crippen LogP contribution in [0.2, 0.25) is 0 Å².